The number of aryl methyl sites for hydroxylation is 2. The van der Waals surface area contributed by atoms with Gasteiger partial charge in [0.15, 0.2) is 0 Å². The number of ether oxygens (including phenoxy) is 1. The van der Waals surface area contributed by atoms with Crippen LogP contribution < -0.4 is 0 Å². The third kappa shape index (κ3) is 4.49. The van der Waals surface area contributed by atoms with Gasteiger partial charge in [0, 0.05) is 25.8 Å². The van der Waals surface area contributed by atoms with Crippen molar-refractivity contribution in [2.45, 2.75) is 44.0 Å². The first-order valence-electron chi connectivity index (χ1n) is 10.7. The van der Waals surface area contributed by atoms with Gasteiger partial charge in [-0.15, -0.1) is 0 Å². The Morgan fingerprint density at radius 3 is 2.48 bits per heavy atom. The quantitative estimate of drug-likeness (QED) is 0.719. The number of rotatable bonds is 4. The van der Waals surface area contributed by atoms with Crippen LogP contribution in [0.3, 0.4) is 0 Å². The highest BCUT2D eigenvalue weighted by atomic mass is 32.2. The molecule has 8 nitrogen and oxygen atoms in total. The molecule has 2 saturated heterocycles. The molecule has 9 heteroatoms. The summed E-state index contributed by atoms with van der Waals surface area (Å²) >= 11 is 0. The summed E-state index contributed by atoms with van der Waals surface area (Å²) in [5, 5.41) is 0. The van der Waals surface area contributed by atoms with Crippen molar-refractivity contribution in [2.75, 3.05) is 32.8 Å². The molecule has 1 aromatic carbocycles. The van der Waals surface area contributed by atoms with Crippen molar-refractivity contribution < 1.29 is 17.9 Å². The van der Waals surface area contributed by atoms with Crippen molar-refractivity contribution in [1.82, 2.24) is 19.2 Å². The Kier molecular flexibility index (Phi) is 6.36. The Hall–Kier alpha value is -2.36. The Bertz CT molecular complexity index is 1050. The van der Waals surface area contributed by atoms with Crippen LogP contribution in [0.5, 0.6) is 0 Å². The number of hydrogen-bond donors (Lipinski definition) is 0. The van der Waals surface area contributed by atoms with E-state index in [0.717, 1.165) is 18.4 Å². The Balaban J connectivity index is 1.73. The molecule has 2 fully saturated rings. The number of benzene rings is 1. The third-order valence-corrected chi connectivity index (χ3v) is 7.79. The van der Waals surface area contributed by atoms with Gasteiger partial charge < -0.3 is 9.64 Å². The first kappa shape index (κ1) is 21.9. The van der Waals surface area contributed by atoms with Gasteiger partial charge in [-0.25, -0.2) is 18.4 Å². The molecule has 2 aliphatic heterocycles. The SMILES string of the molecule is Cc1ccc(S(=O)(=O)N2CCCC[C@H]2c2nc(C)ncc2C(=O)N2CCOCC2)cc1. The summed E-state index contributed by atoms with van der Waals surface area (Å²) in [5.74, 6) is 0.350. The molecule has 0 aliphatic carbocycles. The average Bonchev–Trinajstić information content (AvgIpc) is 2.79. The second-order valence-electron chi connectivity index (χ2n) is 8.06. The van der Waals surface area contributed by atoms with E-state index in [1.54, 1.807) is 42.3 Å². The fourth-order valence-corrected chi connectivity index (χ4v) is 5.82. The maximum atomic E-state index is 13.5. The lowest BCUT2D eigenvalue weighted by Crippen LogP contribution is -2.43. The summed E-state index contributed by atoms with van der Waals surface area (Å²) in [4.78, 5) is 24.1. The highest BCUT2D eigenvalue weighted by Crippen LogP contribution is 2.36. The molecular formula is C22H28N4O4S. The van der Waals surface area contributed by atoms with Crippen LogP contribution in [0, 0.1) is 13.8 Å². The van der Waals surface area contributed by atoms with E-state index in [2.05, 4.69) is 9.97 Å². The van der Waals surface area contributed by atoms with Gasteiger partial charge in [0.05, 0.1) is 35.4 Å². The zero-order chi connectivity index (χ0) is 22.0. The van der Waals surface area contributed by atoms with Gasteiger partial charge in [-0.3, -0.25) is 4.79 Å². The van der Waals surface area contributed by atoms with Gasteiger partial charge in [-0.05, 0) is 38.8 Å². The number of hydrogen-bond acceptors (Lipinski definition) is 6. The van der Waals surface area contributed by atoms with Crippen LogP contribution in [0.1, 0.15) is 52.7 Å². The maximum absolute atomic E-state index is 13.5. The van der Waals surface area contributed by atoms with E-state index in [0.29, 0.717) is 56.4 Å². The lowest BCUT2D eigenvalue weighted by Gasteiger charge is -2.35. The Morgan fingerprint density at radius 1 is 1.06 bits per heavy atom. The molecule has 0 N–H and O–H groups in total. The summed E-state index contributed by atoms with van der Waals surface area (Å²) in [7, 11) is -3.73. The number of aromatic nitrogens is 2. The molecule has 0 bridgehead atoms. The van der Waals surface area contributed by atoms with Crippen LogP contribution in [-0.2, 0) is 14.8 Å². The topological polar surface area (TPSA) is 92.7 Å². The molecule has 2 aliphatic rings. The summed E-state index contributed by atoms with van der Waals surface area (Å²) in [6, 6.07) is 6.38. The number of morpholine rings is 1. The molecule has 0 radical (unpaired) electrons. The van der Waals surface area contributed by atoms with Crippen molar-refractivity contribution in [3.05, 3.63) is 53.1 Å². The number of amides is 1. The second-order valence-corrected chi connectivity index (χ2v) is 9.95. The second kappa shape index (κ2) is 9.02. The molecule has 4 rings (SSSR count). The lowest BCUT2D eigenvalue weighted by molar-refractivity contribution is 0.0300. The third-order valence-electron chi connectivity index (χ3n) is 5.86. The largest absolute Gasteiger partial charge is 0.378 e. The predicted octanol–water partition coefficient (Wildman–Crippen LogP) is 2.48. The number of piperidine rings is 1. The Labute approximate surface area is 183 Å². The van der Waals surface area contributed by atoms with E-state index in [4.69, 9.17) is 4.74 Å². The zero-order valence-electron chi connectivity index (χ0n) is 18.0. The minimum Gasteiger partial charge on any atom is -0.378 e. The molecule has 1 amide bonds. The minimum atomic E-state index is -3.73. The van der Waals surface area contributed by atoms with Gasteiger partial charge >= 0.3 is 0 Å². The predicted molar refractivity (Wildman–Crippen MR) is 115 cm³/mol. The summed E-state index contributed by atoms with van der Waals surface area (Å²) in [6.07, 6.45) is 3.81. The molecule has 2 aromatic rings. The van der Waals surface area contributed by atoms with Crippen molar-refractivity contribution in [2.24, 2.45) is 0 Å². The van der Waals surface area contributed by atoms with Crippen molar-refractivity contribution in [3.8, 4) is 0 Å². The van der Waals surface area contributed by atoms with E-state index >= 15 is 0 Å². The van der Waals surface area contributed by atoms with E-state index in [9.17, 15) is 13.2 Å². The van der Waals surface area contributed by atoms with Crippen molar-refractivity contribution in [3.63, 3.8) is 0 Å². The fourth-order valence-electron chi connectivity index (χ4n) is 4.15. The molecule has 1 atom stereocenters. The van der Waals surface area contributed by atoms with Crippen LogP contribution in [0.2, 0.25) is 0 Å². The molecule has 0 unspecified atom stereocenters. The standard InChI is InChI=1S/C22H28N4O4S/c1-16-6-8-18(9-7-16)31(28,29)26-10-4-3-5-20(26)21-19(15-23-17(2)24-21)22(27)25-11-13-30-14-12-25/h6-9,15,20H,3-5,10-14H2,1-2H3/t20-/m0/s1. The summed E-state index contributed by atoms with van der Waals surface area (Å²) in [6.45, 7) is 6.07. The molecule has 31 heavy (non-hydrogen) atoms. The van der Waals surface area contributed by atoms with Gasteiger partial charge in [0.2, 0.25) is 10.0 Å². The molecule has 0 spiro atoms. The Morgan fingerprint density at radius 2 is 1.77 bits per heavy atom. The van der Waals surface area contributed by atoms with Crippen LogP contribution in [0.15, 0.2) is 35.4 Å². The van der Waals surface area contributed by atoms with Gasteiger partial charge in [0.1, 0.15) is 5.82 Å². The number of sulfonamides is 1. The fraction of sp³-hybridized carbons (Fsp3) is 0.500. The highest BCUT2D eigenvalue weighted by Gasteiger charge is 2.38. The van der Waals surface area contributed by atoms with Gasteiger partial charge in [0.25, 0.3) is 5.91 Å². The van der Waals surface area contributed by atoms with Crippen LogP contribution in [-0.4, -0.2) is 66.3 Å². The van der Waals surface area contributed by atoms with Crippen LogP contribution >= 0.6 is 0 Å². The monoisotopic (exact) mass is 444 g/mol. The highest BCUT2D eigenvalue weighted by molar-refractivity contribution is 7.89. The lowest BCUT2D eigenvalue weighted by atomic mass is 9.98. The molecule has 1 aromatic heterocycles. The number of nitrogens with zero attached hydrogens (tertiary/aromatic N) is 4. The van der Waals surface area contributed by atoms with Crippen LogP contribution in [0.25, 0.3) is 0 Å². The maximum Gasteiger partial charge on any atom is 0.257 e. The normalized spacial score (nSPS) is 20.6. The molecular weight excluding hydrogens is 416 g/mol. The zero-order valence-corrected chi connectivity index (χ0v) is 18.8. The van der Waals surface area contributed by atoms with Gasteiger partial charge in [-0.2, -0.15) is 4.31 Å². The molecule has 0 saturated carbocycles. The van der Waals surface area contributed by atoms with E-state index in [1.807, 2.05) is 6.92 Å². The van der Waals surface area contributed by atoms with Crippen LogP contribution in [0.4, 0.5) is 0 Å². The molecule has 166 valence electrons. The summed E-state index contributed by atoms with van der Waals surface area (Å²) < 4.78 is 33.9. The van der Waals surface area contributed by atoms with E-state index in [-0.39, 0.29) is 10.8 Å². The van der Waals surface area contributed by atoms with Crippen molar-refractivity contribution in [1.29, 1.82) is 0 Å². The van der Waals surface area contributed by atoms with E-state index < -0.39 is 16.1 Å². The first-order chi connectivity index (χ1) is 14.9. The molecule has 3 heterocycles. The number of carbonyl (C=O) groups is 1. The summed E-state index contributed by atoms with van der Waals surface area (Å²) in [5.41, 5.74) is 1.88. The number of carbonyl (C=O) groups excluding carboxylic acids is 1. The smallest absolute Gasteiger partial charge is 0.257 e. The average molecular weight is 445 g/mol. The van der Waals surface area contributed by atoms with Gasteiger partial charge in [-0.1, -0.05) is 24.1 Å². The van der Waals surface area contributed by atoms with E-state index in [1.165, 1.54) is 4.31 Å². The van der Waals surface area contributed by atoms with Crippen molar-refractivity contribution >= 4 is 15.9 Å². The minimum absolute atomic E-state index is 0.170. The first-order valence-corrected chi connectivity index (χ1v) is 12.1.